The van der Waals surface area contributed by atoms with Crippen LogP contribution in [-0.4, -0.2) is 4.98 Å². The number of hydrogen-bond acceptors (Lipinski definition) is 1. The van der Waals surface area contributed by atoms with Gasteiger partial charge in [0, 0.05) is 6.20 Å². The first-order chi connectivity index (χ1) is 6.61. The van der Waals surface area contributed by atoms with E-state index < -0.39 is 11.9 Å². The van der Waals surface area contributed by atoms with Gasteiger partial charge in [-0.3, -0.25) is 4.98 Å². The molecule has 1 aromatic rings. The number of halogens is 3. The van der Waals surface area contributed by atoms with Gasteiger partial charge in [-0.2, -0.15) is 13.2 Å². The molecule has 1 rings (SSSR count). The number of rotatable bonds is 0. The van der Waals surface area contributed by atoms with Crippen molar-refractivity contribution in [1.29, 1.82) is 0 Å². The third kappa shape index (κ3) is 6.46. The summed E-state index contributed by atoms with van der Waals surface area (Å²) in [5.74, 6) is 0. The fourth-order valence-electron chi connectivity index (χ4n) is 0.530. The van der Waals surface area contributed by atoms with Crippen molar-refractivity contribution in [2.75, 3.05) is 0 Å². The van der Waals surface area contributed by atoms with E-state index in [0.29, 0.717) is 0 Å². The average molecular weight is 207 g/mol. The van der Waals surface area contributed by atoms with Crippen LogP contribution in [0.3, 0.4) is 0 Å². The molecular weight excluding hydrogens is 191 g/mol. The summed E-state index contributed by atoms with van der Waals surface area (Å²) in [4.78, 5) is 3.12. The number of pyridine rings is 1. The molecule has 14 heavy (non-hydrogen) atoms. The summed E-state index contributed by atoms with van der Waals surface area (Å²) in [6.45, 7) is 8.00. The van der Waals surface area contributed by atoms with Gasteiger partial charge in [-0.1, -0.05) is 33.8 Å². The maximum Gasteiger partial charge on any atom is 0.433 e. The molecule has 4 heteroatoms. The zero-order valence-corrected chi connectivity index (χ0v) is 8.89. The van der Waals surface area contributed by atoms with Gasteiger partial charge in [0.05, 0.1) is 0 Å². The highest BCUT2D eigenvalue weighted by atomic mass is 19.4. The van der Waals surface area contributed by atoms with Gasteiger partial charge in [-0.15, -0.1) is 0 Å². The van der Waals surface area contributed by atoms with Crippen LogP contribution in [0.15, 0.2) is 24.4 Å². The molecule has 0 bridgehead atoms. The quantitative estimate of drug-likeness (QED) is 0.622. The van der Waals surface area contributed by atoms with Crippen molar-refractivity contribution in [3.05, 3.63) is 30.1 Å². The van der Waals surface area contributed by atoms with Gasteiger partial charge in [-0.25, -0.2) is 0 Å². The van der Waals surface area contributed by atoms with Gasteiger partial charge in [0.25, 0.3) is 0 Å². The molecule has 0 aliphatic rings. The molecule has 0 atom stereocenters. The van der Waals surface area contributed by atoms with Gasteiger partial charge in [0.15, 0.2) is 0 Å². The minimum Gasteiger partial charge on any atom is -0.252 e. The Morgan fingerprint density at radius 1 is 1.00 bits per heavy atom. The van der Waals surface area contributed by atoms with Crippen LogP contribution in [0.2, 0.25) is 0 Å². The van der Waals surface area contributed by atoms with E-state index in [2.05, 4.69) is 4.98 Å². The van der Waals surface area contributed by atoms with E-state index in [1.165, 1.54) is 12.1 Å². The fraction of sp³-hybridized carbons (Fsp3) is 0.500. The van der Waals surface area contributed by atoms with E-state index >= 15 is 0 Å². The molecule has 0 fully saturated rings. The van der Waals surface area contributed by atoms with Crippen molar-refractivity contribution in [3.8, 4) is 0 Å². The molecule has 0 saturated heterocycles. The molecule has 0 aliphatic heterocycles. The number of hydrogen-bond donors (Lipinski definition) is 0. The minimum atomic E-state index is -4.32. The van der Waals surface area contributed by atoms with Crippen LogP contribution in [0, 0.1) is 0 Å². The number of aromatic nitrogens is 1. The second-order valence-electron chi connectivity index (χ2n) is 1.71. The molecule has 82 valence electrons. The summed E-state index contributed by atoms with van der Waals surface area (Å²) >= 11 is 0. The van der Waals surface area contributed by atoms with Crippen LogP contribution in [0.1, 0.15) is 33.4 Å². The third-order valence-corrected chi connectivity index (χ3v) is 0.955. The van der Waals surface area contributed by atoms with Gasteiger partial charge >= 0.3 is 6.18 Å². The first kappa shape index (κ1) is 15.4. The molecule has 0 aliphatic carbocycles. The normalized spacial score (nSPS) is 9.07. The standard InChI is InChI=1S/C6H4F3N.2C2H6/c7-6(8,9)5-3-1-2-4-10-5;2*1-2/h1-4H;2*1-2H3. The minimum absolute atomic E-state index is 0.852. The lowest BCUT2D eigenvalue weighted by molar-refractivity contribution is -0.141. The summed E-state index contributed by atoms with van der Waals surface area (Å²) in [7, 11) is 0. The van der Waals surface area contributed by atoms with Crippen molar-refractivity contribution in [2.45, 2.75) is 33.9 Å². The summed E-state index contributed by atoms with van der Waals surface area (Å²) in [5.41, 5.74) is -0.852. The molecule has 0 unspecified atom stereocenters. The molecule has 0 aromatic carbocycles. The summed E-state index contributed by atoms with van der Waals surface area (Å²) in [5, 5.41) is 0. The zero-order valence-electron chi connectivity index (χ0n) is 8.89. The van der Waals surface area contributed by atoms with Crippen LogP contribution in [0.25, 0.3) is 0 Å². The van der Waals surface area contributed by atoms with Crippen LogP contribution in [0.5, 0.6) is 0 Å². The predicted molar refractivity (Wildman–Crippen MR) is 51.9 cm³/mol. The van der Waals surface area contributed by atoms with E-state index in [0.717, 1.165) is 12.3 Å². The van der Waals surface area contributed by atoms with E-state index in [1.807, 2.05) is 27.7 Å². The summed E-state index contributed by atoms with van der Waals surface area (Å²) in [6.07, 6.45) is -3.20. The largest absolute Gasteiger partial charge is 0.433 e. The van der Waals surface area contributed by atoms with Crippen LogP contribution < -0.4 is 0 Å². The topological polar surface area (TPSA) is 12.9 Å². The van der Waals surface area contributed by atoms with Crippen molar-refractivity contribution < 1.29 is 13.2 Å². The monoisotopic (exact) mass is 207 g/mol. The molecule has 0 spiro atoms. The molecule has 1 nitrogen and oxygen atoms in total. The van der Waals surface area contributed by atoms with E-state index in [4.69, 9.17) is 0 Å². The molecule has 0 amide bonds. The summed E-state index contributed by atoms with van der Waals surface area (Å²) < 4.78 is 35.2. The Hall–Kier alpha value is -1.06. The second-order valence-corrected chi connectivity index (χ2v) is 1.71. The van der Waals surface area contributed by atoms with E-state index in [9.17, 15) is 13.2 Å². The first-order valence-electron chi connectivity index (χ1n) is 4.59. The van der Waals surface area contributed by atoms with Crippen molar-refractivity contribution in [1.82, 2.24) is 4.98 Å². The molecule has 0 saturated carbocycles. The van der Waals surface area contributed by atoms with E-state index in [-0.39, 0.29) is 0 Å². The Morgan fingerprint density at radius 3 is 1.71 bits per heavy atom. The fourth-order valence-corrected chi connectivity index (χ4v) is 0.530. The van der Waals surface area contributed by atoms with Crippen LogP contribution in [0.4, 0.5) is 13.2 Å². The first-order valence-corrected chi connectivity index (χ1v) is 4.59. The Kier molecular flexibility index (Phi) is 9.40. The maximum atomic E-state index is 11.7. The highest BCUT2D eigenvalue weighted by Gasteiger charge is 2.31. The number of alkyl halides is 3. The molecule has 1 aromatic heterocycles. The van der Waals surface area contributed by atoms with Crippen molar-refractivity contribution in [2.24, 2.45) is 0 Å². The van der Waals surface area contributed by atoms with Gasteiger partial charge in [0.2, 0.25) is 0 Å². The summed E-state index contributed by atoms with van der Waals surface area (Å²) in [6, 6.07) is 3.67. The maximum absolute atomic E-state index is 11.7. The highest BCUT2D eigenvalue weighted by molar-refractivity contribution is 5.06. The van der Waals surface area contributed by atoms with E-state index in [1.54, 1.807) is 0 Å². The molecular formula is C10H16F3N. The predicted octanol–water partition coefficient (Wildman–Crippen LogP) is 4.15. The van der Waals surface area contributed by atoms with Gasteiger partial charge in [0.1, 0.15) is 5.69 Å². The van der Waals surface area contributed by atoms with Gasteiger partial charge in [-0.05, 0) is 12.1 Å². The lowest BCUT2D eigenvalue weighted by Gasteiger charge is -2.02. The highest BCUT2D eigenvalue weighted by Crippen LogP contribution is 2.26. The van der Waals surface area contributed by atoms with Crippen LogP contribution >= 0.6 is 0 Å². The Morgan fingerprint density at radius 2 is 1.50 bits per heavy atom. The molecule has 0 N–H and O–H groups in total. The van der Waals surface area contributed by atoms with Gasteiger partial charge < -0.3 is 0 Å². The Bertz CT molecular complexity index is 206. The average Bonchev–Trinajstić information content (AvgIpc) is 2.24. The zero-order chi connectivity index (χ0) is 11.6. The lowest BCUT2D eigenvalue weighted by Crippen LogP contribution is -2.06. The molecule has 0 radical (unpaired) electrons. The number of nitrogens with zero attached hydrogens (tertiary/aromatic N) is 1. The van der Waals surface area contributed by atoms with Crippen molar-refractivity contribution >= 4 is 0 Å². The smallest absolute Gasteiger partial charge is 0.252 e. The van der Waals surface area contributed by atoms with Crippen molar-refractivity contribution in [3.63, 3.8) is 0 Å². The Balaban J connectivity index is 0. The SMILES string of the molecule is CC.CC.FC(F)(F)c1ccccn1. The Labute approximate surface area is 83.0 Å². The van der Waals surface area contributed by atoms with Crippen LogP contribution in [-0.2, 0) is 6.18 Å². The second kappa shape index (κ2) is 8.53. The lowest BCUT2D eigenvalue weighted by atomic mass is 10.3. The molecule has 1 heterocycles. The third-order valence-electron chi connectivity index (χ3n) is 0.955.